The predicted molar refractivity (Wildman–Crippen MR) is 52.1 cm³/mol. The van der Waals surface area contributed by atoms with Crippen molar-refractivity contribution in [2.24, 2.45) is 5.92 Å². The summed E-state index contributed by atoms with van der Waals surface area (Å²) in [6.07, 6.45) is 0. The molecule has 0 fully saturated rings. The van der Waals surface area contributed by atoms with E-state index in [9.17, 15) is 13.6 Å². The standard InChI is InChI=1S/C11H12F2O2/c1-6(2)11(14)10-8(12)4-7(15-3)5-9(10)13/h4-6H,1-3H3. The number of methoxy groups -OCH3 is 1. The molecule has 82 valence electrons. The highest BCUT2D eigenvalue weighted by atomic mass is 19.1. The first kappa shape index (κ1) is 11.6. The summed E-state index contributed by atoms with van der Waals surface area (Å²) in [5, 5.41) is 0. The highest BCUT2D eigenvalue weighted by Gasteiger charge is 2.21. The van der Waals surface area contributed by atoms with Gasteiger partial charge in [-0.15, -0.1) is 0 Å². The molecule has 0 saturated carbocycles. The van der Waals surface area contributed by atoms with Crippen molar-refractivity contribution in [3.63, 3.8) is 0 Å². The Morgan fingerprint density at radius 2 is 1.73 bits per heavy atom. The Morgan fingerprint density at radius 3 is 2.07 bits per heavy atom. The van der Waals surface area contributed by atoms with Gasteiger partial charge in [-0.05, 0) is 0 Å². The molecule has 0 spiro atoms. The maximum absolute atomic E-state index is 13.4. The fourth-order valence-corrected chi connectivity index (χ4v) is 1.19. The van der Waals surface area contributed by atoms with Crippen LogP contribution in [0, 0.1) is 17.6 Å². The lowest BCUT2D eigenvalue weighted by molar-refractivity contribution is 0.0930. The molecular weight excluding hydrogens is 202 g/mol. The van der Waals surface area contributed by atoms with Gasteiger partial charge in [0.15, 0.2) is 5.78 Å². The molecule has 1 aromatic carbocycles. The number of ketones is 1. The minimum absolute atomic E-state index is 0.0605. The van der Waals surface area contributed by atoms with Gasteiger partial charge >= 0.3 is 0 Å². The van der Waals surface area contributed by atoms with Crippen molar-refractivity contribution in [1.82, 2.24) is 0 Å². The van der Waals surface area contributed by atoms with Gasteiger partial charge in [0.2, 0.25) is 0 Å². The fourth-order valence-electron chi connectivity index (χ4n) is 1.19. The van der Waals surface area contributed by atoms with Crippen LogP contribution in [0.1, 0.15) is 24.2 Å². The lowest BCUT2D eigenvalue weighted by Crippen LogP contribution is -2.12. The molecule has 0 aliphatic heterocycles. The molecule has 0 radical (unpaired) electrons. The lowest BCUT2D eigenvalue weighted by Gasteiger charge is -2.08. The zero-order chi connectivity index (χ0) is 11.6. The second-order valence-electron chi connectivity index (χ2n) is 3.48. The first-order chi connectivity index (χ1) is 6.97. The van der Waals surface area contributed by atoms with Crippen LogP contribution in [-0.2, 0) is 0 Å². The summed E-state index contributed by atoms with van der Waals surface area (Å²) in [6.45, 7) is 3.18. The van der Waals surface area contributed by atoms with Crippen molar-refractivity contribution >= 4 is 5.78 Å². The molecule has 0 atom stereocenters. The zero-order valence-corrected chi connectivity index (χ0v) is 8.80. The van der Waals surface area contributed by atoms with E-state index in [4.69, 9.17) is 0 Å². The maximum atomic E-state index is 13.4. The van der Waals surface area contributed by atoms with Crippen LogP contribution >= 0.6 is 0 Å². The molecule has 0 aromatic heterocycles. The Kier molecular flexibility index (Phi) is 3.39. The third-order valence-corrected chi connectivity index (χ3v) is 2.02. The number of carbonyl (C=O) groups excluding carboxylic acids is 1. The van der Waals surface area contributed by atoms with Gasteiger partial charge in [-0.2, -0.15) is 0 Å². The van der Waals surface area contributed by atoms with Crippen LogP contribution in [-0.4, -0.2) is 12.9 Å². The Bertz CT molecular complexity index is 363. The second kappa shape index (κ2) is 4.38. The molecule has 0 aliphatic carbocycles. The summed E-state index contributed by atoms with van der Waals surface area (Å²) < 4.78 is 31.4. The van der Waals surface area contributed by atoms with Crippen molar-refractivity contribution in [1.29, 1.82) is 0 Å². The molecule has 0 bridgehead atoms. The number of rotatable bonds is 3. The van der Waals surface area contributed by atoms with Crippen LogP contribution in [0.15, 0.2) is 12.1 Å². The normalized spacial score (nSPS) is 10.5. The molecule has 2 nitrogen and oxygen atoms in total. The summed E-state index contributed by atoms with van der Waals surface area (Å²) >= 11 is 0. The Morgan fingerprint density at radius 1 is 1.27 bits per heavy atom. The number of halogens is 2. The summed E-state index contributed by atoms with van der Waals surface area (Å²) in [7, 11) is 1.30. The first-order valence-electron chi connectivity index (χ1n) is 4.54. The molecule has 1 rings (SSSR count). The van der Waals surface area contributed by atoms with Crippen molar-refractivity contribution < 1.29 is 18.3 Å². The highest BCUT2D eigenvalue weighted by Crippen LogP contribution is 2.22. The molecule has 1 aromatic rings. The van der Waals surface area contributed by atoms with Gasteiger partial charge in [-0.3, -0.25) is 4.79 Å². The molecule has 0 heterocycles. The van der Waals surface area contributed by atoms with Crippen LogP contribution in [0.5, 0.6) is 5.75 Å². The molecule has 0 unspecified atom stereocenters. The minimum atomic E-state index is -0.884. The molecule has 0 N–H and O–H groups in total. The van der Waals surface area contributed by atoms with Crippen LogP contribution in [0.2, 0.25) is 0 Å². The molecule has 4 heteroatoms. The van der Waals surface area contributed by atoms with Crippen molar-refractivity contribution in [3.8, 4) is 5.75 Å². The van der Waals surface area contributed by atoms with Crippen LogP contribution < -0.4 is 4.74 Å². The predicted octanol–water partition coefficient (Wildman–Crippen LogP) is 2.81. The van der Waals surface area contributed by atoms with Gasteiger partial charge < -0.3 is 4.74 Å². The van der Waals surface area contributed by atoms with Gasteiger partial charge in [0.05, 0.1) is 12.7 Å². The highest BCUT2D eigenvalue weighted by molar-refractivity contribution is 5.98. The molecule has 0 saturated heterocycles. The third-order valence-electron chi connectivity index (χ3n) is 2.02. The van der Waals surface area contributed by atoms with E-state index >= 15 is 0 Å². The van der Waals surface area contributed by atoms with Gasteiger partial charge in [0.25, 0.3) is 0 Å². The van der Waals surface area contributed by atoms with Crippen molar-refractivity contribution in [2.75, 3.05) is 7.11 Å². The summed E-state index contributed by atoms with van der Waals surface area (Å²) in [5.74, 6) is -2.70. The van der Waals surface area contributed by atoms with Crippen LogP contribution in [0.25, 0.3) is 0 Å². The van der Waals surface area contributed by atoms with E-state index in [1.54, 1.807) is 13.8 Å². The van der Waals surface area contributed by atoms with E-state index in [-0.39, 0.29) is 5.75 Å². The molecular formula is C11H12F2O2. The third kappa shape index (κ3) is 2.32. The topological polar surface area (TPSA) is 26.3 Å². The largest absolute Gasteiger partial charge is 0.497 e. The lowest BCUT2D eigenvalue weighted by atomic mass is 10.00. The van der Waals surface area contributed by atoms with E-state index in [0.717, 1.165) is 12.1 Å². The summed E-state index contributed by atoms with van der Waals surface area (Å²) in [4.78, 5) is 11.5. The summed E-state index contributed by atoms with van der Waals surface area (Å²) in [5.41, 5.74) is -0.495. The smallest absolute Gasteiger partial charge is 0.171 e. The number of Topliss-reactive ketones (excluding diaryl/α,β-unsaturated/α-hetero) is 1. The molecule has 0 amide bonds. The van der Waals surface area contributed by atoms with E-state index in [1.807, 2.05) is 0 Å². The second-order valence-corrected chi connectivity index (χ2v) is 3.48. The summed E-state index contributed by atoms with van der Waals surface area (Å²) in [6, 6.07) is 2.00. The van der Waals surface area contributed by atoms with Crippen LogP contribution in [0.4, 0.5) is 8.78 Å². The van der Waals surface area contributed by atoms with E-state index < -0.39 is 28.9 Å². The van der Waals surface area contributed by atoms with E-state index in [0.29, 0.717) is 0 Å². The van der Waals surface area contributed by atoms with Crippen LogP contribution in [0.3, 0.4) is 0 Å². The Labute approximate surface area is 86.9 Å². The van der Waals surface area contributed by atoms with Gasteiger partial charge in [0, 0.05) is 18.1 Å². The van der Waals surface area contributed by atoms with E-state index in [2.05, 4.69) is 4.74 Å². The minimum Gasteiger partial charge on any atom is -0.497 e. The number of hydrogen-bond donors (Lipinski definition) is 0. The average molecular weight is 214 g/mol. The van der Waals surface area contributed by atoms with Gasteiger partial charge in [-0.25, -0.2) is 8.78 Å². The maximum Gasteiger partial charge on any atom is 0.171 e. The van der Waals surface area contributed by atoms with E-state index in [1.165, 1.54) is 7.11 Å². The average Bonchev–Trinajstić information content (AvgIpc) is 2.16. The van der Waals surface area contributed by atoms with Gasteiger partial charge in [0.1, 0.15) is 17.4 Å². The Hall–Kier alpha value is -1.45. The molecule has 15 heavy (non-hydrogen) atoms. The monoisotopic (exact) mass is 214 g/mol. The number of benzene rings is 1. The number of ether oxygens (including phenoxy) is 1. The SMILES string of the molecule is COc1cc(F)c(C(=O)C(C)C)c(F)c1. The van der Waals surface area contributed by atoms with Crippen molar-refractivity contribution in [2.45, 2.75) is 13.8 Å². The van der Waals surface area contributed by atoms with Gasteiger partial charge in [-0.1, -0.05) is 13.8 Å². The quantitative estimate of drug-likeness (QED) is 0.723. The molecule has 0 aliphatic rings. The Balaban J connectivity index is 3.25. The zero-order valence-electron chi connectivity index (χ0n) is 8.80. The first-order valence-corrected chi connectivity index (χ1v) is 4.54. The number of hydrogen-bond acceptors (Lipinski definition) is 2. The fraction of sp³-hybridized carbons (Fsp3) is 0.364. The number of carbonyl (C=O) groups is 1. The van der Waals surface area contributed by atoms with Crippen molar-refractivity contribution in [3.05, 3.63) is 29.3 Å².